The fourth-order valence-electron chi connectivity index (χ4n) is 4.01. The predicted octanol–water partition coefficient (Wildman–Crippen LogP) is 2.60. The van der Waals surface area contributed by atoms with Crippen LogP contribution in [0.4, 0.5) is 17.1 Å². The minimum atomic E-state index is -0.171. The van der Waals surface area contributed by atoms with Crippen LogP contribution in [0.5, 0.6) is 0 Å². The number of nitrogens with zero attached hydrogens (tertiary/aromatic N) is 2. The molecule has 1 saturated heterocycles. The molecule has 1 spiro atoms. The number of carbonyl (C=O) groups excluding carboxylic acids is 1. The van der Waals surface area contributed by atoms with Crippen LogP contribution < -0.4 is 10.2 Å². The second kappa shape index (κ2) is 7.05. The number of hydrogen-bond acceptors (Lipinski definition) is 5. The highest BCUT2D eigenvalue weighted by molar-refractivity contribution is 5.91. The minimum absolute atomic E-state index is 0.0289. The molecular formula is C20H23N3O3. The normalized spacial score (nSPS) is 18.0. The van der Waals surface area contributed by atoms with Crippen molar-refractivity contribution in [2.24, 2.45) is 0 Å². The van der Waals surface area contributed by atoms with Gasteiger partial charge < -0.3 is 20.1 Å². The quantitative estimate of drug-likeness (QED) is 0.884. The molecule has 2 N–H and O–H groups in total. The number of hydrogen-bond donors (Lipinski definition) is 2. The lowest BCUT2D eigenvalue weighted by Gasteiger charge is -2.34. The van der Waals surface area contributed by atoms with Crippen LogP contribution in [-0.4, -0.2) is 42.4 Å². The first-order chi connectivity index (χ1) is 12.7. The average molecular weight is 353 g/mol. The SMILES string of the molecule is O=C(CCO)Nc1ccc2c(c1)C1(CCOCC1)CN2c1cccnc1. The zero-order valence-corrected chi connectivity index (χ0v) is 14.6. The Bertz CT molecular complexity index is 788. The average Bonchev–Trinajstić information content (AvgIpc) is 2.97. The van der Waals surface area contributed by atoms with Gasteiger partial charge in [-0.1, -0.05) is 0 Å². The van der Waals surface area contributed by atoms with Crippen molar-refractivity contribution in [3.8, 4) is 0 Å². The van der Waals surface area contributed by atoms with E-state index in [-0.39, 0.29) is 24.3 Å². The van der Waals surface area contributed by atoms with Crippen LogP contribution in [0.15, 0.2) is 42.7 Å². The maximum Gasteiger partial charge on any atom is 0.226 e. The molecule has 2 aliphatic rings. The van der Waals surface area contributed by atoms with Gasteiger partial charge in [-0.3, -0.25) is 9.78 Å². The third kappa shape index (κ3) is 3.06. The number of pyridine rings is 1. The molecule has 0 atom stereocenters. The van der Waals surface area contributed by atoms with Gasteiger partial charge in [-0.15, -0.1) is 0 Å². The molecule has 4 rings (SSSR count). The number of benzene rings is 1. The van der Waals surface area contributed by atoms with E-state index in [2.05, 4.69) is 33.4 Å². The first-order valence-corrected chi connectivity index (χ1v) is 9.02. The summed E-state index contributed by atoms with van der Waals surface area (Å²) in [5.74, 6) is -0.171. The van der Waals surface area contributed by atoms with E-state index in [1.807, 2.05) is 18.3 Å². The lowest BCUT2D eigenvalue weighted by atomic mass is 9.76. The fraction of sp³-hybridized carbons (Fsp3) is 0.400. The first kappa shape index (κ1) is 17.0. The highest BCUT2D eigenvalue weighted by atomic mass is 16.5. The van der Waals surface area contributed by atoms with E-state index in [1.54, 1.807) is 6.20 Å². The van der Waals surface area contributed by atoms with E-state index in [9.17, 15) is 4.79 Å². The van der Waals surface area contributed by atoms with Gasteiger partial charge in [-0.05, 0) is 48.7 Å². The standard InChI is InChI=1S/C20H23N3O3/c24-9-5-19(25)22-15-3-4-18-17(12-15)20(6-10-26-11-7-20)14-23(18)16-2-1-8-21-13-16/h1-4,8,12-13,24H,5-7,9-11,14H2,(H,22,25). The van der Waals surface area contributed by atoms with Gasteiger partial charge in [0.2, 0.25) is 5.91 Å². The Morgan fingerprint density at radius 2 is 2.15 bits per heavy atom. The molecule has 0 unspecified atom stereocenters. The zero-order chi connectivity index (χ0) is 18.0. The van der Waals surface area contributed by atoms with Gasteiger partial charge >= 0.3 is 0 Å². The molecule has 3 heterocycles. The van der Waals surface area contributed by atoms with Crippen LogP contribution in [-0.2, 0) is 14.9 Å². The number of aliphatic hydroxyl groups is 1. The lowest BCUT2D eigenvalue weighted by molar-refractivity contribution is -0.116. The molecule has 2 aliphatic heterocycles. The number of anilines is 3. The fourth-order valence-corrected chi connectivity index (χ4v) is 4.01. The monoisotopic (exact) mass is 353 g/mol. The number of aliphatic hydroxyl groups excluding tert-OH is 1. The summed E-state index contributed by atoms with van der Waals surface area (Å²) in [4.78, 5) is 18.4. The van der Waals surface area contributed by atoms with E-state index in [1.165, 1.54) is 11.3 Å². The summed E-state index contributed by atoms with van der Waals surface area (Å²) in [5, 5.41) is 11.8. The first-order valence-electron chi connectivity index (χ1n) is 9.02. The molecular weight excluding hydrogens is 330 g/mol. The number of carbonyl (C=O) groups is 1. The van der Waals surface area contributed by atoms with E-state index in [4.69, 9.17) is 9.84 Å². The Kier molecular flexibility index (Phi) is 4.61. The van der Waals surface area contributed by atoms with Crippen LogP contribution in [0, 0.1) is 0 Å². The molecule has 136 valence electrons. The van der Waals surface area contributed by atoms with Crippen molar-refractivity contribution in [2.45, 2.75) is 24.7 Å². The van der Waals surface area contributed by atoms with Gasteiger partial charge in [0.25, 0.3) is 0 Å². The van der Waals surface area contributed by atoms with Gasteiger partial charge in [-0.2, -0.15) is 0 Å². The van der Waals surface area contributed by atoms with Crippen molar-refractivity contribution >= 4 is 23.0 Å². The summed E-state index contributed by atoms with van der Waals surface area (Å²) in [5.41, 5.74) is 4.31. The number of fused-ring (bicyclic) bond motifs is 2. The Morgan fingerprint density at radius 1 is 1.31 bits per heavy atom. The molecule has 6 nitrogen and oxygen atoms in total. The highest BCUT2D eigenvalue weighted by Crippen LogP contribution is 2.50. The smallest absolute Gasteiger partial charge is 0.226 e. The number of ether oxygens (including phenoxy) is 1. The maximum atomic E-state index is 11.9. The second-order valence-electron chi connectivity index (χ2n) is 6.94. The summed E-state index contributed by atoms with van der Waals surface area (Å²) in [6, 6.07) is 10.1. The highest BCUT2D eigenvalue weighted by Gasteiger charge is 2.44. The van der Waals surface area contributed by atoms with E-state index in [0.717, 1.165) is 44.0 Å². The van der Waals surface area contributed by atoms with Crippen LogP contribution in [0.2, 0.25) is 0 Å². The lowest BCUT2D eigenvalue weighted by Crippen LogP contribution is -2.37. The molecule has 2 aromatic rings. The number of rotatable bonds is 4. The Morgan fingerprint density at radius 3 is 2.88 bits per heavy atom. The van der Waals surface area contributed by atoms with Gasteiger partial charge in [0.05, 0.1) is 24.9 Å². The molecule has 0 aliphatic carbocycles. The van der Waals surface area contributed by atoms with Crippen molar-refractivity contribution in [2.75, 3.05) is 36.6 Å². The van der Waals surface area contributed by atoms with Crippen molar-refractivity contribution in [3.63, 3.8) is 0 Å². The molecule has 6 heteroatoms. The Hall–Kier alpha value is -2.44. The van der Waals surface area contributed by atoms with Crippen LogP contribution >= 0.6 is 0 Å². The van der Waals surface area contributed by atoms with E-state index in [0.29, 0.717) is 0 Å². The Balaban J connectivity index is 1.72. The Labute approximate surface area is 152 Å². The third-order valence-electron chi connectivity index (χ3n) is 5.35. The molecule has 1 aromatic heterocycles. The van der Waals surface area contributed by atoms with Crippen molar-refractivity contribution in [1.29, 1.82) is 0 Å². The molecule has 26 heavy (non-hydrogen) atoms. The van der Waals surface area contributed by atoms with Gasteiger partial charge in [0, 0.05) is 42.7 Å². The predicted molar refractivity (Wildman–Crippen MR) is 99.7 cm³/mol. The number of amides is 1. The van der Waals surface area contributed by atoms with Crippen molar-refractivity contribution in [3.05, 3.63) is 48.3 Å². The maximum absolute atomic E-state index is 11.9. The van der Waals surface area contributed by atoms with Crippen LogP contribution in [0.1, 0.15) is 24.8 Å². The van der Waals surface area contributed by atoms with E-state index >= 15 is 0 Å². The molecule has 0 saturated carbocycles. The number of aromatic nitrogens is 1. The van der Waals surface area contributed by atoms with Gasteiger partial charge in [0.15, 0.2) is 0 Å². The zero-order valence-electron chi connectivity index (χ0n) is 14.6. The molecule has 1 fully saturated rings. The molecule has 1 amide bonds. The summed E-state index contributed by atoms with van der Waals surface area (Å²) in [6.07, 6.45) is 5.71. The van der Waals surface area contributed by atoms with Crippen LogP contribution in [0.3, 0.4) is 0 Å². The minimum Gasteiger partial charge on any atom is -0.396 e. The summed E-state index contributed by atoms with van der Waals surface area (Å²) in [7, 11) is 0. The molecule has 0 bridgehead atoms. The largest absolute Gasteiger partial charge is 0.396 e. The summed E-state index contributed by atoms with van der Waals surface area (Å²) in [6.45, 7) is 2.25. The summed E-state index contributed by atoms with van der Waals surface area (Å²) < 4.78 is 5.61. The second-order valence-corrected chi connectivity index (χ2v) is 6.94. The summed E-state index contributed by atoms with van der Waals surface area (Å²) >= 11 is 0. The number of nitrogens with one attached hydrogen (secondary N) is 1. The van der Waals surface area contributed by atoms with Gasteiger partial charge in [-0.25, -0.2) is 0 Å². The van der Waals surface area contributed by atoms with Gasteiger partial charge in [0.1, 0.15) is 0 Å². The van der Waals surface area contributed by atoms with Crippen molar-refractivity contribution < 1.29 is 14.6 Å². The van der Waals surface area contributed by atoms with Crippen LogP contribution in [0.25, 0.3) is 0 Å². The topological polar surface area (TPSA) is 74.7 Å². The van der Waals surface area contributed by atoms with Crippen molar-refractivity contribution in [1.82, 2.24) is 4.98 Å². The molecule has 1 aromatic carbocycles. The third-order valence-corrected chi connectivity index (χ3v) is 5.35. The van der Waals surface area contributed by atoms with E-state index < -0.39 is 0 Å². The molecule has 0 radical (unpaired) electrons.